The highest BCUT2D eigenvalue weighted by atomic mass is 16.3. The van der Waals surface area contributed by atoms with Crippen molar-refractivity contribution in [2.75, 3.05) is 0 Å². The van der Waals surface area contributed by atoms with Crippen molar-refractivity contribution >= 4 is 45.6 Å². The van der Waals surface area contributed by atoms with E-state index in [0.717, 1.165) is 38.9 Å². The summed E-state index contributed by atoms with van der Waals surface area (Å²) in [5.41, 5.74) is 10.2. The maximum absolute atomic E-state index is 7.74. The number of hydrogen-bond donors (Lipinski definition) is 3. The molecule has 31 heavy (non-hydrogen) atoms. The molecule has 2 heterocycles. The molecule has 0 amide bonds. The first-order chi connectivity index (χ1) is 15.0. The number of pyridine rings is 1. The van der Waals surface area contributed by atoms with Gasteiger partial charge in [-0.15, -0.1) is 0 Å². The maximum atomic E-state index is 7.74. The van der Waals surface area contributed by atoms with Crippen LogP contribution in [0.25, 0.3) is 34.0 Å². The van der Waals surface area contributed by atoms with Crippen molar-refractivity contribution in [2.24, 2.45) is 5.73 Å². The number of hydrogen-bond acceptors (Lipinski definition) is 4. The van der Waals surface area contributed by atoms with Gasteiger partial charge in [-0.3, -0.25) is 5.41 Å². The van der Waals surface area contributed by atoms with Gasteiger partial charge < -0.3 is 15.6 Å². The summed E-state index contributed by atoms with van der Waals surface area (Å²) in [4.78, 5) is 4.64. The number of nitrogens with one attached hydrogen (secondary N) is 2. The lowest BCUT2D eigenvalue weighted by Gasteiger charge is -2.02. The highest BCUT2D eigenvalue weighted by molar-refractivity contribution is 6.00. The van der Waals surface area contributed by atoms with Gasteiger partial charge in [-0.1, -0.05) is 36.4 Å². The third-order valence-corrected chi connectivity index (χ3v) is 4.85. The molecule has 5 nitrogen and oxygen atoms in total. The number of benzene rings is 2. The predicted octanol–water partition coefficient (Wildman–Crippen LogP) is 5.94. The van der Waals surface area contributed by atoms with Gasteiger partial charge in [0.05, 0.1) is 11.2 Å². The third kappa shape index (κ3) is 4.67. The van der Waals surface area contributed by atoms with Crippen LogP contribution in [0.4, 0.5) is 0 Å². The number of aromatic nitrogens is 1. The first kappa shape index (κ1) is 20.0. The Kier molecular flexibility index (Phi) is 5.58. The van der Waals surface area contributed by atoms with Crippen LogP contribution in [0.2, 0.25) is 0 Å². The Morgan fingerprint density at radius 1 is 0.839 bits per heavy atom. The van der Waals surface area contributed by atoms with Crippen LogP contribution in [0.1, 0.15) is 29.5 Å². The van der Waals surface area contributed by atoms with Crippen LogP contribution in [0.15, 0.2) is 83.3 Å². The molecule has 2 aromatic heterocycles. The average Bonchev–Trinajstić information content (AvgIpc) is 3.17. The first-order valence-corrected chi connectivity index (χ1v) is 9.85. The fourth-order valence-electron chi connectivity index (χ4n) is 3.21. The minimum Gasteiger partial charge on any atom is -0.457 e. The summed E-state index contributed by atoms with van der Waals surface area (Å²) < 4.78 is 5.77. The van der Waals surface area contributed by atoms with E-state index in [2.05, 4.69) is 4.98 Å². The summed E-state index contributed by atoms with van der Waals surface area (Å²) >= 11 is 0. The fraction of sp³-hybridized carbons (Fsp3) is 0.0385. The van der Waals surface area contributed by atoms with E-state index in [4.69, 9.17) is 21.0 Å². The van der Waals surface area contributed by atoms with E-state index < -0.39 is 0 Å². The molecule has 0 fully saturated rings. The van der Waals surface area contributed by atoms with Crippen LogP contribution in [0.5, 0.6) is 0 Å². The molecule has 0 atom stereocenters. The molecule has 0 saturated carbocycles. The maximum Gasteiger partial charge on any atom is 0.134 e. The molecule has 2 aromatic carbocycles. The molecular weight excluding hydrogens is 384 g/mol. The zero-order valence-electron chi connectivity index (χ0n) is 17.1. The highest BCUT2D eigenvalue weighted by Crippen LogP contribution is 2.21. The number of nitrogen functional groups attached to an aromatic ring is 1. The molecule has 4 rings (SSSR count). The summed E-state index contributed by atoms with van der Waals surface area (Å²) in [6, 6.07) is 17.2. The number of allylic oxidation sites excluding steroid dienone is 4. The van der Waals surface area contributed by atoms with Crippen LogP contribution < -0.4 is 5.73 Å². The zero-order valence-corrected chi connectivity index (χ0v) is 17.1. The average molecular weight is 406 g/mol. The Hall–Kier alpha value is -4.25. The van der Waals surface area contributed by atoms with E-state index in [-0.39, 0.29) is 5.84 Å². The molecule has 0 aliphatic rings. The Labute approximate surface area is 180 Å². The summed E-state index contributed by atoms with van der Waals surface area (Å²) in [7, 11) is 0. The van der Waals surface area contributed by atoms with Crippen LogP contribution in [0, 0.1) is 10.8 Å². The van der Waals surface area contributed by atoms with E-state index in [1.807, 2.05) is 85.0 Å². The largest absolute Gasteiger partial charge is 0.457 e. The van der Waals surface area contributed by atoms with E-state index in [0.29, 0.717) is 11.3 Å². The van der Waals surface area contributed by atoms with Gasteiger partial charge in [0, 0.05) is 22.0 Å². The molecule has 4 N–H and O–H groups in total. The SMILES string of the molecule is CC(=N)c1ccc2nc(/C=C/C=C/C=C/c3cc4cc(C(=N)N)ccc4o3)ccc2c1. The molecule has 0 aliphatic carbocycles. The van der Waals surface area contributed by atoms with Crippen LogP contribution in [-0.2, 0) is 0 Å². The quantitative estimate of drug-likeness (QED) is 0.210. The third-order valence-electron chi connectivity index (χ3n) is 4.85. The van der Waals surface area contributed by atoms with E-state index in [9.17, 15) is 0 Å². The lowest BCUT2D eigenvalue weighted by molar-refractivity contribution is 0.604. The first-order valence-electron chi connectivity index (χ1n) is 9.85. The van der Waals surface area contributed by atoms with E-state index >= 15 is 0 Å². The van der Waals surface area contributed by atoms with Gasteiger partial charge in [0.2, 0.25) is 0 Å². The molecule has 0 unspecified atom stereocenters. The second-order valence-electron chi connectivity index (χ2n) is 7.19. The lowest BCUT2D eigenvalue weighted by Crippen LogP contribution is -2.10. The van der Waals surface area contributed by atoms with Crippen molar-refractivity contribution in [1.29, 1.82) is 10.8 Å². The molecule has 0 spiro atoms. The molecule has 0 saturated heterocycles. The number of nitrogens with zero attached hydrogens (tertiary/aromatic N) is 1. The Balaban J connectivity index is 1.41. The van der Waals surface area contributed by atoms with Gasteiger partial charge in [0.15, 0.2) is 0 Å². The molecule has 0 bridgehead atoms. The normalized spacial score (nSPS) is 12.0. The van der Waals surface area contributed by atoms with Crippen molar-refractivity contribution in [3.8, 4) is 0 Å². The van der Waals surface area contributed by atoms with Crippen molar-refractivity contribution in [3.63, 3.8) is 0 Å². The van der Waals surface area contributed by atoms with Gasteiger partial charge in [0.1, 0.15) is 17.2 Å². The summed E-state index contributed by atoms with van der Waals surface area (Å²) in [5, 5.41) is 17.2. The topological polar surface area (TPSA) is 99.8 Å². The molecule has 0 radical (unpaired) electrons. The van der Waals surface area contributed by atoms with Gasteiger partial charge in [-0.05, 0) is 67.1 Å². The Morgan fingerprint density at radius 2 is 1.58 bits per heavy atom. The lowest BCUT2D eigenvalue weighted by atomic mass is 10.1. The van der Waals surface area contributed by atoms with Crippen molar-refractivity contribution in [1.82, 2.24) is 4.98 Å². The monoisotopic (exact) mass is 406 g/mol. The van der Waals surface area contributed by atoms with Gasteiger partial charge >= 0.3 is 0 Å². The number of rotatable bonds is 6. The van der Waals surface area contributed by atoms with Crippen LogP contribution in [-0.4, -0.2) is 16.5 Å². The highest BCUT2D eigenvalue weighted by Gasteiger charge is 2.04. The minimum absolute atomic E-state index is 0.0435. The van der Waals surface area contributed by atoms with Crippen LogP contribution >= 0.6 is 0 Å². The number of nitrogens with two attached hydrogens (primary N) is 1. The molecule has 4 aromatic rings. The predicted molar refractivity (Wildman–Crippen MR) is 129 cm³/mol. The zero-order chi connectivity index (χ0) is 21.8. The Bertz CT molecular complexity index is 1390. The number of furan rings is 1. The fourth-order valence-corrected chi connectivity index (χ4v) is 3.21. The van der Waals surface area contributed by atoms with Crippen molar-refractivity contribution < 1.29 is 4.42 Å². The Morgan fingerprint density at radius 3 is 2.35 bits per heavy atom. The summed E-state index contributed by atoms with van der Waals surface area (Å²) in [6.45, 7) is 1.78. The summed E-state index contributed by atoms with van der Waals surface area (Å²) in [6.07, 6.45) is 11.5. The molecule has 0 aliphatic heterocycles. The number of fused-ring (bicyclic) bond motifs is 2. The van der Waals surface area contributed by atoms with E-state index in [1.54, 1.807) is 13.0 Å². The molecular formula is C26H22N4O. The second-order valence-corrected chi connectivity index (χ2v) is 7.19. The second kappa shape index (κ2) is 8.63. The standard InChI is InChI=1S/C26H22N4O/c1-17(27)18-9-12-24-19(14-18)8-11-22(30-24)6-4-2-3-5-7-23-16-21-15-20(26(28)29)10-13-25(21)31-23/h2-16,27H,1H3,(H3,28,29)/b3-2+,6-4+,7-5+,27-17?. The van der Waals surface area contributed by atoms with Gasteiger partial charge in [0.25, 0.3) is 0 Å². The van der Waals surface area contributed by atoms with Gasteiger partial charge in [-0.2, -0.15) is 0 Å². The van der Waals surface area contributed by atoms with Crippen molar-refractivity contribution in [2.45, 2.75) is 6.92 Å². The van der Waals surface area contributed by atoms with Gasteiger partial charge in [-0.25, -0.2) is 4.98 Å². The molecule has 5 heteroatoms. The minimum atomic E-state index is 0.0435. The smallest absolute Gasteiger partial charge is 0.134 e. The van der Waals surface area contributed by atoms with Crippen molar-refractivity contribution in [3.05, 3.63) is 101 Å². The molecule has 152 valence electrons. The van der Waals surface area contributed by atoms with Crippen LogP contribution in [0.3, 0.4) is 0 Å². The van der Waals surface area contributed by atoms with E-state index in [1.165, 1.54) is 0 Å². The number of amidine groups is 1. The summed E-state index contributed by atoms with van der Waals surface area (Å²) in [5.74, 6) is 0.780.